The zero-order valence-corrected chi connectivity index (χ0v) is 8.91. The molecule has 1 aliphatic heterocycles. The third-order valence-electron chi connectivity index (χ3n) is 2.23. The van der Waals surface area contributed by atoms with Crippen molar-refractivity contribution in [2.24, 2.45) is 0 Å². The zero-order valence-electron chi connectivity index (χ0n) is 8.15. The van der Waals surface area contributed by atoms with Crippen molar-refractivity contribution in [2.75, 3.05) is 13.2 Å². The second kappa shape index (κ2) is 4.59. The average molecular weight is 227 g/mol. The van der Waals surface area contributed by atoms with Gasteiger partial charge in [0.2, 0.25) is 0 Å². The van der Waals surface area contributed by atoms with Crippen LogP contribution in [0.1, 0.15) is 23.2 Å². The van der Waals surface area contributed by atoms with Crippen LogP contribution in [0.2, 0.25) is 5.02 Å². The molecule has 0 radical (unpaired) electrons. The molecule has 4 nitrogen and oxygen atoms in total. The lowest BCUT2D eigenvalue weighted by atomic mass is 10.2. The molecule has 80 valence electrons. The van der Waals surface area contributed by atoms with Crippen molar-refractivity contribution in [2.45, 2.75) is 12.8 Å². The predicted octanol–water partition coefficient (Wildman–Crippen LogP) is 1.90. The van der Waals surface area contributed by atoms with Gasteiger partial charge in [-0.1, -0.05) is 11.6 Å². The summed E-state index contributed by atoms with van der Waals surface area (Å²) in [5, 5.41) is 1.76. The zero-order chi connectivity index (χ0) is 10.7. The first kappa shape index (κ1) is 10.4. The van der Waals surface area contributed by atoms with Crippen molar-refractivity contribution in [3.8, 4) is 0 Å². The quantitative estimate of drug-likeness (QED) is 0.735. The minimum Gasteiger partial charge on any atom is -0.271 e. The highest BCUT2D eigenvalue weighted by Crippen LogP contribution is 2.17. The third-order valence-corrected chi connectivity index (χ3v) is 2.56. The number of pyridine rings is 1. The molecule has 0 aliphatic carbocycles. The van der Waals surface area contributed by atoms with Crippen LogP contribution in [-0.2, 0) is 4.84 Å². The fraction of sp³-hybridized carbons (Fsp3) is 0.400. The molecule has 0 atom stereocenters. The number of halogens is 1. The summed E-state index contributed by atoms with van der Waals surface area (Å²) >= 11 is 5.90. The molecule has 0 N–H and O–H groups in total. The van der Waals surface area contributed by atoms with Crippen LogP contribution in [0.25, 0.3) is 0 Å². The molecule has 1 fully saturated rings. The summed E-state index contributed by atoms with van der Waals surface area (Å²) in [6, 6.07) is 1.60. The molecule has 0 aromatic carbocycles. The Morgan fingerprint density at radius 2 is 2.40 bits per heavy atom. The van der Waals surface area contributed by atoms with Crippen molar-refractivity contribution < 1.29 is 9.63 Å². The van der Waals surface area contributed by atoms with Crippen LogP contribution in [0.3, 0.4) is 0 Å². The highest BCUT2D eigenvalue weighted by Gasteiger charge is 2.21. The SMILES string of the molecule is O=C(c1cnccc1Cl)N1CCCCO1. The second-order valence-electron chi connectivity index (χ2n) is 3.30. The van der Waals surface area contributed by atoms with Crippen LogP contribution >= 0.6 is 11.6 Å². The van der Waals surface area contributed by atoms with Crippen LogP contribution in [0.15, 0.2) is 18.5 Å². The van der Waals surface area contributed by atoms with Crippen LogP contribution in [0.4, 0.5) is 0 Å². The molecule has 15 heavy (non-hydrogen) atoms. The van der Waals surface area contributed by atoms with E-state index in [0.29, 0.717) is 23.7 Å². The maximum atomic E-state index is 11.9. The van der Waals surface area contributed by atoms with E-state index in [9.17, 15) is 4.79 Å². The Morgan fingerprint density at radius 3 is 3.07 bits per heavy atom. The second-order valence-corrected chi connectivity index (χ2v) is 3.71. The van der Waals surface area contributed by atoms with E-state index in [1.807, 2.05) is 0 Å². The lowest BCUT2D eigenvalue weighted by molar-refractivity contribution is -0.144. The largest absolute Gasteiger partial charge is 0.280 e. The van der Waals surface area contributed by atoms with E-state index in [0.717, 1.165) is 12.8 Å². The Morgan fingerprint density at radius 1 is 1.53 bits per heavy atom. The maximum absolute atomic E-state index is 11.9. The van der Waals surface area contributed by atoms with Crippen molar-refractivity contribution >= 4 is 17.5 Å². The van der Waals surface area contributed by atoms with Gasteiger partial charge in [-0.15, -0.1) is 0 Å². The Bertz CT molecular complexity index is 364. The molecule has 1 aliphatic rings. The van der Waals surface area contributed by atoms with E-state index in [4.69, 9.17) is 16.4 Å². The summed E-state index contributed by atoms with van der Waals surface area (Å²) in [6.45, 7) is 1.20. The Balaban J connectivity index is 2.16. The van der Waals surface area contributed by atoms with Gasteiger partial charge in [0.05, 0.1) is 17.2 Å². The fourth-order valence-corrected chi connectivity index (χ4v) is 1.61. The van der Waals surface area contributed by atoms with Gasteiger partial charge in [0.15, 0.2) is 0 Å². The standard InChI is InChI=1S/C10H11ClN2O2/c11-9-3-4-12-7-8(9)10(14)13-5-1-2-6-15-13/h3-4,7H,1-2,5-6H2. The summed E-state index contributed by atoms with van der Waals surface area (Å²) < 4.78 is 0. The van der Waals surface area contributed by atoms with Gasteiger partial charge in [0, 0.05) is 18.9 Å². The molecule has 5 heteroatoms. The van der Waals surface area contributed by atoms with E-state index in [2.05, 4.69) is 4.98 Å². The Kier molecular flexibility index (Phi) is 3.18. The number of hydrogen-bond donors (Lipinski definition) is 0. The molecule has 1 aromatic rings. The van der Waals surface area contributed by atoms with Gasteiger partial charge in [-0.3, -0.25) is 14.6 Å². The van der Waals surface area contributed by atoms with Gasteiger partial charge in [-0.05, 0) is 18.9 Å². The van der Waals surface area contributed by atoms with E-state index >= 15 is 0 Å². The van der Waals surface area contributed by atoms with E-state index in [-0.39, 0.29) is 5.91 Å². The van der Waals surface area contributed by atoms with Crippen molar-refractivity contribution in [3.05, 3.63) is 29.0 Å². The summed E-state index contributed by atoms with van der Waals surface area (Å²) in [4.78, 5) is 21.0. The Labute approximate surface area is 92.8 Å². The van der Waals surface area contributed by atoms with Crippen LogP contribution in [-0.4, -0.2) is 29.1 Å². The van der Waals surface area contributed by atoms with Gasteiger partial charge in [0.25, 0.3) is 5.91 Å². The minimum atomic E-state index is -0.215. The maximum Gasteiger partial charge on any atom is 0.280 e. The van der Waals surface area contributed by atoms with Crippen LogP contribution in [0, 0.1) is 0 Å². The first-order chi connectivity index (χ1) is 7.29. The van der Waals surface area contributed by atoms with Gasteiger partial charge < -0.3 is 0 Å². The number of amides is 1. The highest BCUT2D eigenvalue weighted by molar-refractivity contribution is 6.33. The monoisotopic (exact) mass is 226 g/mol. The van der Waals surface area contributed by atoms with Gasteiger partial charge in [-0.2, -0.15) is 0 Å². The molecule has 0 bridgehead atoms. The predicted molar refractivity (Wildman–Crippen MR) is 55.5 cm³/mol. The Hall–Kier alpha value is -1.13. The summed E-state index contributed by atoms with van der Waals surface area (Å²) in [7, 11) is 0. The number of carbonyl (C=O) groups is 1. The molecule has 1 saturated heterocycles. The molecule has 1 aromatic heterocycles. The van der Waals surface area contributed by atoms with Crippen molar-refractivity contribution in [3.63, 3.8) is 0 Å². The first-order valence-electron chi connectivity index (χ1n) is 4.83. The lowest BCUT2D eigenvalue weighted by Crippen LogP contribution is -2.35. The van der Waals surface area contributed by atoms with E-state index in [1.54, 1.807) is 12.3 Å². The first-order valence-corrected chi connectivity index (χ1v) is 5.21. The lowest BCUT2D eigenvalue weighted by Gasteiger charge is -2.25. The minimum absolute atomic E-state index is 0.215. The number of hydroxylamine groups is 2. The number of aromatic nitrogens is 1. The number of nitrogens with zero attached hydrogens (tertiary/aromatic N) is 2. The molecule has 0 spiro atoms. The molecule has 2 rings (SSSR count). The molecule has 0 unspecified atom stereocenters. The number of carbonyl (C=O) groups excluding carboxylic acids is 1. The molecule has 2 heterocycles. The van der Waals surface area contributed by atoms with Crippen molar-refractivity contribution in [1.82, 2.24) is 10.0 Å². The third kappa shape index (κ3) is 2.27. The van der Waals surface area contributed by atoms with Gasteiger partial charge in [-0.25, -0.2) is 5.06 Å². The average Bonchev–Trinajstić information content (AvgIpc) is 2.30. The molecule has 1 amide bonds. The molecular formula is C10H11ClN2O2. The van der Waals surface area contributed by atoms with Crippen molar-refractivity contribution in [1.29, 1.82) is 0 Å². The highest BCUT2D eigenvalue weighted by atomic mass is 35.5. The fourth-order valence-electron chi connectivity index (χ4n) is 1.43. The normalized spacial score (nSPS) is 16.5. The van der Waals surface area contributed by atoms with Crippen LogP contribution < -0.4 is 0 Å². The number of hydrogen-bond acceptors (Lipinski definition) is 3. The summed E-state index contributed by atoms with van der Waals surface area (Å²) in [5.74, 6) is -0.215. The number of rotatable bonds is 1. The summed E-state index contributed by atoms with van der Waals surface area (Å²) in [5.41, 5.74) is 0.390. The van der Waals surface area contributed by atoms with Gasteiger partial charge in [0.1, 0.15) is 0 Å². The van der Waals surface area contributed by atoms with E-state index in [1.165, 1.54) is 11.3 Å². The smallest absolute Gasteiger partial charge is 0.271 e. The van der Waals surface area contributed by atoms with Crippen LogP contribution in [0.5, 0.6) is 0 Å². The molecular weight excluding hydrogens is 216 g/mol. The van der Waals surface area contributed by atoms with Gasteiger partial charge >= 0.3 is 0 Å². The molecule has 0 saturated carbocycles. The summed E-state index contributed by atoms with van der Waals surface area (Å²) in [6.07, 6.45) is 4.97. The van der Waals surface area contributed by atoms with E-state index < -0.39 is 0 Å². The topological polar surface area (TPSA) is 42.4 Å².